The average molecular weight is 222 g/mol. The number of carbonyl (C=O) groups excluding carboxylic acids is 1. The zero-order chi connectivity index (χ0) is 10.2. The molecule has 4 nitrogen and oxygen atoms in total. The Morgan fingerprint density at radius 2 is 2.43 bits per heavy atom. The van der Waals surface area contributed by atoms with Crippen LogP contribution in [-0.4, -0.2) is 44.3 Å². The van der Waals surface area contributed by atoms with Crippen LogP contribution in [0.4, 0.5) is 0 Å². The Labute approximate surface area is 88.9 Å². The first-order valence-corrected chi connectivity index (χ1v) is 5.41. The van der Waals surface area contributed by atoms with E-state index in [9.17, 15) is 4.79 Å². The van der Waals surface area contributed by atoms with Crippen molar-refractivity contribution in [3.8, 4) is 0 Å². The van der Waals surface area contributed by atoms with Crippen molar-refractivity contribution in [3.63, 3.8) is 0 Å². The van der Waals surface area contributed by atoms with Crippen molar-refractivity contribution in [1.29, 1.82) is 0 Å². The number of amides is 1. The van der Waals surface area contributed by atoms with Gasteiger partial charge in [0.2, 0.25) is 5.91 Å². The minimum absolute atomic E-state index is 0.0306. The zero-order valence-corrected chi connectivity index (χ0v) is 8.89. The molecule has 0 spiro atoms. The van der Waals surface area contributed by atoms with Gasteiger partial charge in [-0.15, -0.1) is 11.6 Å². The summed E-state index contributed by atoms with van der Waals surface area (Å²) in [6.45, 7) is 2.25. The highest BCUT2D eigenvalue weighted by molar-refractivity contribution is 6.17. The summed E-state index contributed by atoms with van der Waals surface area (Å²) < 4.78 is 10.3. The predicted octanol–water partition coefficient (Wildman–Crippen LogP) is 0.537. The Morgan fingerprint density at radius 1 is 1.57 bits per heavy atom. The van der Waals surface area contributed by atoms with Gasteiger partial charge in [-0.3, -0.25) is 4.79 Å². The van der Waals surface area contributed by atoms with Gasteiger partial charge in [-0.1, -0.05) is 0 Å². The molecule has 1 atom stereocenters. The van der Waals surface area contributed by atoms with Crippen molar-refractivity contribution in [2.75, 3.05) is 32.2 Å². The fourth-order valence-corrected chi connectivity index (χ4v) is 1.41. The van der Waals surface area contributed by atoms with Gasteiger partial charge in [0.15, 0.2) is 0 Å². The molecule has 0 aromatic carbocycles. The normalized spacial score (nSPS) is 21.1. The van der Waals surface area contributed by atoms with Gasteiger partial charge in [0.25, 0.3) is 0 Å². The molecule has 5 heteroatoms. The summed E-state index contributed by atoms with van der Waals surface area (Å²) in [6, 6.07) is 0. The molecule has 0 radical (unpaired) electrons. The lowest BCUT2D eigenvalue weighted by atomic mass is 10.2. The van der Waals surface area contributed by atoms with Crippen molar-refractivity contribution in [2.24, 2.45) is 0 Å². The molecule has 0 aromatic rings. The number of halogens is 1. The fourth-order valence-electron chi connectivity index (χ4n) is 1.30. The van der Waals surface area contributed by atoms with E-state index in [-0.39, 0.29) is 12.0 Å². The van der Waals surface area contributed by atoms with Gasteiger partial charge in [-0.05, 0) is 12.8 Å². The molecule has 1 fully saturated rings. The summed E-state index contributed by atoms with van der Waals surface area (Å²) in [5.74, 6) is 0.455. The van der Waals surface area contributed by atoms with Crippen molar-refractivity contribution in [1.82, 2.24) is 5.32 Å². The smallest absolute Gasteiger partial charge is 0.249 e. The van der Waals surface area contributed by atoms with Gasteiger partial charge in [0.1, 0.15) is 6.10 Å². The van der Waals surface area contributed by atoms with Crippen molar-refractivity contribution in [3.05, 3.63) is 0 Å². The minimum Gasteiger partial charge on any atom is -0.378 e. The molecule has 1 aliphatic heterocycles. The van der Waals surface area contributed by atoms with Crippen LogP contribution in [0.15, 0.2) is 0 Å². The van der Waals surface area contributed by atoms with Crippen LogP contribution in [0.3, 0.4) is 0 Å². The molecule has 0 aliphatic carbocycles. The Hall–Kier alpha value is -0.320. The van der Waals surface area contributed by atoms with E-state index in [4.69, 9.17) is 21.1 Å². The maximum atomic E-state index is 11.4. The Bertz CT molecular complexity index is 171. The second-order valence-corrected chi connectivity index (χ2v) is 3.47. The molecule has 14 heavy (non-hydrogen) atoms. The molecule has 0 bridgehead atoms. The average Bonchev–Trinajstić information content (AvgIpc) is 2.70. The van der Waals surface area contributed by atoms with E-state index in [1.165, 1.54) is 0 Å². The summed E-state index contributed by atoms with van der Waals surface area (Å²) in [7, 11) is 0. The number of alkyl halides is 1. The van der Waals surface area contributed by atoms with Gasteiger partial charge in [-0.25, -0.2) is 0 Å². The third kappa shape index (κ3) is 4.26. The van der Waals surface area contributed by atoms with Gasteiger partial charge in [0, 0.05) is 19.0 Å². The quantitative estimate of drug-likeness (QED) is 0.526. The number of hydrogen-bond donors (Lipinski definition) is 1. The molecule has 1 unspecified atom stereocenters. The highest BCUT2D eigenvalue weighted by atomic mass is 35.5. The van der Waals surface area contributed by atoms with Crippen LogP contribution in [0, 0.1) is 0 Å². The lowest BCUT2D eigenvalue weighted by Crippen LogP contribution is -2.36. The Kier molecular flexibility index (Phi) is 5.91. The zero-order valence-electron chi connectivity index (χ0n) is 8.13. The van der Waals surface area contributed by atoms with E-state index in [1.807, 2.05) is 0 Å². The van der Waals surface area contributed by atoms with Crippen molar-refractivity contribution >= 4 is 17.5 Å². The van der Waals surface area contributed by atoms with Crippen LogP contribution < -0.4 is 5.32 Å². The maximum absolute atomic E-state index is 11.4. The molecule has 0 aromatic heterocycles. The van der Waals surface area contributed by atoms with Gasteiger partial charge < -0.3 is 14.8 Å². The van der Waals surface area contributed by atoms with Crippen LogP contribution >= 0.6 is 11.6 Å². The number of nitrogens with one attached hydrogen (secondary N) is 1. The summed E-state index contributed by atoms with van der Waals surface area (Å²) in [5.41, 5.74) is 0. The molecule has 1 rings (SSSR count). The standard InChI is InChI=1S/C9H16ClNO3/c10-3-6-13-7-4-11-9(12)8-2-1-5-14-8/h8H,1-7H2,(H,11,12). The first-order chi connectivity index (χ1) is 6.84. The first kappa shape index (κ1) is 11.8. The van der Waals surface area contributed by atoms with E-state index in [1.54, 1.807) is 0 Å². The number of carbonyl (C=O) groups is 1. The number of hydrogen-bond acceptors (Lipinski definition) is 3. The highest BCUT2D eigenvalue weighted by Gasteiger charge is 2.22. The van der Waals surface area contributed by atoms with Gasteiger partial charge in [-0.2, -0.15) is 0 Å². The van der Waals surface area contributed by atoms with Crippen LogP contribution in [0.1, 0.15) is 12.8 Å². The molecule has 1 heterocycles. The van der Waals surface area contributed by atoms with E-state index in [2.05, 4.69) is 5.32 Å². The van der Waals surface area contributed by atoms with Gasteiger partial charge in [0.05, 0.1) is 13.2 Å². The molecule has 1 saturated heterocycles. The number of rotatable bonds is 6. The molecule has 0 saturated carbocycles. The van der Waals surface area contributed by atoms with E-state index in [0.29, 0.717) is 32.2 Å². The Balaban J connectivity index is 1.97. The first-order valence-electron chi connectivity index (χ1n) is 4.87. The largest absolute Gasteiger partial charge is 0.378 e. The maximum Gasteiger partial charge on any atom is 0.249 e. The molecule has 1 amide bonds. The topological polar surface area (TPSA) is 47.6 Å². The summed E-state index contributed by atoms with van der Waals surface area (Å²) in [4.78, 5) is 11.4. The van der Waals surface area contributed by atoms with E-state index < -0.39 is 0 Å². The molecular weight excluding hydrogens is 206 g/mol. The molecule has 82 valence electrons. The second kappa shape index (κ2) is 7.04. The minimum atomic E-state index is -0.247. The van der Waals surface area contributed by atoms with E-state index >= 15 is 0 Å². The molecular formula is C9H16ClNO3. The predicted molar refractivity (Wildman–Crippen MR) is 53.5 cm³/mol. The highest BCUT2D eigenvalue weighted by Crippen LogP contribution is 2.11. The summed E-state index contributed by atoms with van der Waals surface area (Å²) in [6.07, 6.45) is 1.55. The number of ether oxygens (including phenoxy) is 2. The summed E-state index contributed by atoms with van der Waals surface area (Å²) in [5, 5.41) is 2.75. The van der Waals surface area contributed by atoms with Crippen LogP contribution in [-0.2, 0) is 14.3 Å². The SMILES string of the molecule is O=C(NCCOCCCl)C1CCCO1. The third-order valence-corrected chi connectivity index (χ3v) is 2.14. The van der Waals surface area contributed by atoms with Crippen molar-refractivity contribution in [2.45, 2.75) is 18.9 Å². The molecule has 1 aliphatic rings. The fraction of sp³-hybridized carbons (Fsp3) is 0.889. The summed E-state index contributed by atoms with van der Waals surface area (Å²) >= 11 is 5.41. The Morgan fingerprint density at radius 3 is 3.07 bits per heavy atom. The van der Waals surface area contributed by atoms with E-state index in [0.717, 1.165) is 12.8 Å². The lowest BCUT2D eigenvalue weighted by Gasteiger charge is -2.09. The third-order valence-electron chi connectivity index (χ3n) is 1.99. The lowest BCUT2D eigenvalue weighted by molar-refractivity contribution is -0.130. The van der Waals surface area contributed by atoms with Gasteiger partial charge >= 0.3 is 0 Å². The van der Waals surface area contributed by atoms with Crippen LogP contribution in [0.5, 0.6) is 0 Å². The van der Waals surface area contributed by atoms with Crippen LogP contribution in [0.25, 0.3) is 0 Å². The molecule has 1 N–H and O–H groups in total. The van der Waals surface area contributed by atoms with Crippen molar-refractivity contribution < 1.29 is 14.3 Å². The monoisotopic (exact) mass is 221 g/mol. The second-order valence-electron chi connectivity index (χ2n) is 3.09. The van der Waals surface area contributed by atoms with Crippen LogP contribution in [0.2, 0.25) is 0 Å².